The third-order valence-electron chi connectivity index (χ3n) is 6.02. The first-order chi connectivity index (χ1) is 13.8. The topological polar surface area (TPSA) is 73.4 Å². The van der Waals surface area contributed by atoms with Gasteiger partial charge in [0.25, 0.3) is 5.91 Å². The van der Waals surface area contributed by atoms with Crippen molar-refractivity contribution in [3.05, 3.63) is 58.2 Å². The van der Waals surface area contributed by atoms with E-state index >= 15 is 0 Å². The second-order valence-corrected chi connectivity index (χ2v) is 7.87. The first kappa shape index (κ1) is 17.4. The molecule has 2 aliphatic heterocycles. The zero-order valence-electron chi connectivity index (χ0n) is 16.0. The number of aromatic nitrogens is 2. The smallest absolute Gasteiger partial charge is 0.273 e. The predicted molar refractivity (Wildman–Crippen MR) is 109 cm³/mol. The summed E-state index contributed by atoms with van der Waals surface area (Å²) in [6.45, 7) is 3.30. The number of nitrogens with zero attached hydrogens (tertiary/aromatic N) is 3. The molecule has 144 valence electrons. The fraction of sp³-hybridized carbons (Fsp3) is 0.409. The zero-order chi connectivity index (χ0) is 18.9. The van der Waals surface area contributed by atoms with Crippen LogP contribution < -0.4 is 5.43 Å². The lowest BCUT2D eigenvalue weighted by Gasteiger charge is -2.18. The minimum Gasteiger partial charge on any atom is -0.358 e. The van der Waals surface area contributed by atoms with Crippen LogP contribution in [0.5, 0.6) is 0 Å². The first-order valence-corrected chi connectivity index (χ1v) is 10.2. The third kappa shape index (κ3) is 3.18. The second kappa shape index (κ2) is 7.36. The van der Waals surface area contributed by atoms with E-state index in [9.17, 15) is 4.79 Å². The van der Waals surface area contributed by atoms with Gasteiger partial charge in [-0.25, -0.2) is 5.43 Å². The fourth-order valence-electron chi connectivity index (χ4n) is 4.58. The summed E-state index contributed by atoms with van der Waals surface area (Å²) in [7, 11) is 0. The summed E-state index contributed by atoms with van der Waals surface area (Å²) < 4.78 is 0. The monoisotopic (exact) mass is 375 g/mol. The van der Waals surface area contributed by atoms with Crippen LogP contribution in [-0.2, 0) is 24.2 Å². The number of nitrogens with one attached hydrogen (secondary N) is 2. The number of likely N-dealkylation sites (tertiary alicyclic amines) is 1. The van der Waals surface area contributed by atoms with E-state index in [-0.39, 0.29) is 5.91 Å². The third-order valence-corrected chi connectivity index (χ3v) is 6.02. The lowest BCUT2D eigenvalue weighted by atomic mass is 9.93. The quantitative estimate of drug-likeness (QED) is 0.807. The molecule has 0 atom stereocenters. The Labute approximate surface area is 164 Å². The molecule has 3 aliphatic rings. The molecule has 0 aromatic carbocycles. The van der Waals surface area contributed by atoms with Gasteiger partial charge in [0.2, 0.25) is 0 Å². The molecule has 2 aromatic heterocycles. The molecular formula is C22H25N5O. The Kier molecular flexibility index (Phi) is 4.56. The largest absolute Gasteiger partial charge is 0.358 e. The summed E-state index contributed by atoms with van der Waals surface area (Å²) in [6, 6.07) is 3.80. The molecule has 4 heterocycles. The van der Waals surface area contributed by atoms with E-state index in [0.29, 0.717) is 11.3 Å². The van der Waals surface area contributed by atoms with Gasteiger partial charge >= 0.3 is 0 Å². The van der Waals surface area contributed by atoms with Gasteiger partial charge in [-0.1, -0.05) is 0 Å². The van der Waals surface area contributed by atoms with Crippen LogP contribution in [0.15, 0.2) is 35.2 Å². The number of H-pyrrole nitrogens is 1. The summed E-state index contributed by atoms with van der Waals surface area (Å²) in [5.74, 6) is -0.154. The van der Waals surface area contributed by atoms with E-state index in [1.165, 1.54) is 55.6 Å². The molecule has 1 amide bonds. The van der Waals surface area contributed by atoms with Crippen LogP contribution in [0, 0.1) is 0 Å². The summed E-state index contributed by atoms with van der Waals surface area (Å²) in [4.78, 5) is 22.9. The minimum atomic E-state index is -0.154. The number of carbonyl (C=O) groups excluding carboxylic acids is 1. The summed E-state index contributed by atoms with van der Waals surface area (Å²) in [5.41, 5.74) is 10.0. The van der Waals surface area contributed by atoms with Crippen LogP contribution >= 0.6 is 0 Å². The van der Waals surface area contributed by atoms with Crippen molar-refractivity contribution in [3.8, 4) is 0 Å². The van der Waals surface area contributed by atoms with E-state index < -0.39 is 0 Å². The maximum atomic E-state index is 12.5. The van der Waals surface area contributed by atoms with Crippen molar-refractivity contribution in [1.82, 2.24) is 20.3 Å². The summed E-state index contributed by atoms with van der Waals surface area (Å²) in [6.07, 6.45) is 12.7. The molecule has 0 radical (unpaired) electrons. The average Bonchev–Trinajstić information content (AvgIpc) is 3.45. The van der Waals surface area contributed by atoms with Gasteiger partial charge in [-0.15, -0.1) is 0 Å². The van der Waals surface area contributed by atoms with Crippen molar-refractivity contribution in [2.45, 2.75) is 45.1 Å². The van der Waals surface area contributed by atoms with Gasteiger partial charge in [0, 0.05) is 35.9 Å². The fourth-order valence-corrected chi connectivity index (χ4v) is 4.58. The van der Waals surface area contributed by atoms with Crippen molar-refractivity contribution in [2.24, 2.45) is 5.10 Å². The standard InChI is InChI=1S/C22H25N5O/c28-22-17(21(25-26-22)15-6-5-9-23-13-15)12-20-18(14-27-10-3-4-11-27)16-7-1-2-8-19(16)24-20/h5-6,9,12-13,24H,1-4,7-8,10-11,14H2,(H,26,28)/b17-12-. The number of pyridine rings is 1. The number of hydrogen-bond donors (Lipinski definition) is 2. The number of hydrazone groups is 1. The molecule has 0 spiro atoms. The van der Waals surface area contributed by atoms with Gasteiger partial charge in [-0.3, -0.25) is 14.7 Å². The molecule has 0 saturated carbocycles. The van der Waals surface area contributed by atoms with Gasteiger partial charge in [-0.2, -0.15) is 5.10 Å². The van der Waals surface area contributed by atoms with E-state index in [1.807, 2.05) is 18.2 Å². The zero-order valence-corrected chi connectivity index (χ0v) is 16.0. The van der Waals surface area contributed by atoms with Crippen LogP contribution in [0.4, 0.5) is 0 Å². The maximum absolute atomic E-state index is 12.5. The van der Waals surface area contributed by atoms with Crippen LogP contribution in [0.2, 0.25) is 0 Å². The molecule has 1 fully saturated rings. The Bertz CT molecular complexity index is 951. The molecule has 1 saturated heterocycles. The molecule has 0 bridgehead atoms. The van der Waals surface area contributed by atoms with Gasteiger partial charge < -0.3 is 4.98 Å². The lowest BCUT2D eigenvalue weighted by Crippen LogP contribution is -2.20. The second-order valence-electron chi connectivity index (χ2n) is 7.87. The van der Waals surface area contributed by atoms with Crippen molar-refractivity contribution >= 4 is 17.7 Å². The van der Waals surface area contributed by atoms with E-state index in [1.54, 1.807) is 12.4 Å². The molecular weight excluding hydrogens is 350 g/mol. The van der Waals surface area contributed by atoms with Crippen LogP contribution in [0.3, 0.4) is 0 Å². The predicted octanol–water partition coefficient (Wildman–Crippen LogP) is 2.80. The molecule has 6 nitrogen and oxygen atoms in total. The van der Waals surface area contributed by atoms with E-state index in [4.69, 9.17) is 0 Å². The first-order valence-electron chi connectivity index (χ1n) is 10.2. The number of aryl methyl sites for hydroxylation is 1. The molecule has 1 aliphatic carbocycles. The molecule has 0 unspecified atom stereocenters. The average molecular weight is 375 g/mol. The minimum absolute atomic E-state index is 0.154. The number of rotatable bonds is 4. The Hall–Kier alpha value is -2.73. The number of aromatic amines is 1. The highest BCUT2D eigenvalue weighted by molar-refractivity contribution is 6.33. The number of hydrogen-bond acceptors (Lipinski definition) is 4. The van der Waals surface area contributed by atoms with Crippen molar-refractivity contribution in [1.29, 1.82) is 0 Å². The highest BCUT2D eigenvalue weighted by atomic mass is 16.2. The molecule has 2 aromatic rings. The van der Waals surface area contributed by atoms with Crippen molar-refractivity contribution in [2.75, 3.05) is 13.1 Å². The molecule has 2 N–H and O–H groups in total. The Morgan fingerprint density at radius 2 is 2.00 bits per heavy atom. The summed E-state index contributed by atoms with van der Waals surface area (Å²) >= 11 is 0. The maximum Gasteiger partial charge on any atom is 0.273 e. The highest BCUT2D eigenvalue weighted by Gasteiger charge is 2.27. The summed E-state index contributed by atoms with van der Waals surface area (Å²) in [5, 5.41) is 4.26. The molecule has 5 rings (SSSR count). The van der Waals surface area contributed by atoms with Gasteiger partial charge in [0.1, 0.15) is 5.71 Å². The van der Waals surface area contributed by atoms with Crippen LogP contribution in [-0.4, -0.2) is 39.6 Å². The Morgan fingerprint density at radius 3 is 2.82 bits per heavy atom. The molecule has 6 heteroatoms. The highest BCUT2D eigenvalue weighted by Crippen LogP contribution is 2.31. The number of amides is 1. The number of fused-ring (bicyclic) bond motifs is 1. The van der Waals surface area contributed by atoms with Crippen LogP contribution in [0.1, 0.15) is 53.8 Å². The number of carbonyl (C=O) groups is 1. The Balaban J connectivity index is 1.55. The lowest BCUT2D eigenvalue weighted by molar-refractivity contribution is -0.116. The Morgan fingerprint density at radius 1 is 1.14 bits per heavy atom. The molecule has 28 heavy (non-hydrogen) atoms. The van der Waals surface area contributed by atoms with Crippen molar-refractivity contribution in [3.63, 3.8) is 0 Å². The van der Waals surface area contributed by atoms with Crippen LogP contribution in [0.25, 0.3) is 6.08 Å². The SMILES string of the molecule is O=C1NN=C(c2cccnc2)/C1=C/c1[nH]c2c(c1CN1CCCC1)CCCC2. The van der Waals surface area contributed by atoms with E-state index in [0.717, 1.165) is 30.6 Å². The van der Waals surface area contributed by atoms with Gasteiger partial charge in [0.05, 0.1) is 5.57 Å². The van der Waals surface area contributed by atoms with Gasteiger partial charge in [-0.05, 0) is 81.0 Å². The van der Waals surface area contributed by atoms with Crippen molar-refractivity contribution < 1.29 is 4.79 Å². The normalized spacial score (nSPS) is 21.1. The van der Waals surface area contributed by atoms with Gasteiger partial charge in [0.15, 0.2) is 0 Å². The van der Waals surface area contributed by atoms with E-state index in [2.05, 4.69) is 25.4 Å².